The van der Waals surface area contributed by atoms with Crippen molar-refractivity contribution in [2.75, 3.05) is 6.61 Å². The van der Waals surface area contributed by atoms with Gasteiger partial charge in [0.2, 0.25) is 5.78 Å². The molecule has 0 aromatic heterocycles. The number of carbonyl (C=O) groups is 3. The summed E-state index contributed by atoms with van der Waals surface area (Å²) in [5.74, 6) is -2.18. The topological polar surface area (TPSA) is 121 Å². The van der Waals surface area contributed by atoms with Crippen LogP contribution in [0.3, 0.4) is 0 Å². The van der Waals surface area contributed by atoms with Gasteiger partial charge in [0.15, 0.2) is 18.0 Å². The van der Waals surface area contributed by atoms with Crippen LogP contribution in [0.25, 0.3) is 0 Å². The molecule has 0 saturated heterocycles. The summed E-state index contributed by atoms with van der Waals surface area (Å²) in [5.41, 5.74) is -3.19. The molecule has 3 N–H and O–H groups in total. The lowest BCUT2D eigenvalue weighted by Gasteiger charge is -2.66. The maximum absolute atomic E-state index is 13.0. The van der Waals surface area contributed by atoms with E-state index >= 15 is 0 Å². The molecule has 0 aromatic carbocycles. The minimum absolute atomic E-state index is 0.00526. The lowest BCUT2D eigenvalue weighted by molar-refractivity contribution is -0.189. The third-order valence-electron chi connectivity index (χ3n) is 8.94. The summed E-state index contributed by atoms with van der Waals surface area (Å²) in [5, 5.41) is 32.7. The monoisotopic (exact) mass is 428 g/mol. The number of rotatable bonds is 3. The molecule has 8 heteroatoms. The van der Waals surface area contributed by atoms with Crippen molar-refractivity contribution in [2.45, 2.75) is 69.6 Å². The van der Waals surface area contributed by atoms with Gasteiger partial charge in [0, 0.05) is 17.8 Å². The molecular formula is C23H29BO7. The number of allylic oxidation sites excluding steroid dienone is 4. The smallest absolute Gasteiger partial charge is 0.303 e. The summed E-state index contributed by atoms with van der Waals surface area (Å²) in [6.45, 7) is 4.14. The van der Waals surface area contributed by atoms with E-state index in [0.29, 0.717) is 12.8 Å². The number of ketones is 2. The molecule has 4 aliphatic carbocycles. The van der Waals surface area contributed by atoms with Crippen molar-refractivity contribution < 1.29 is 34.4 Å². The van der Waals surface area contributed by atoms with E-state index in [1.54, 1.807) is 19.1 Å². The molecule has 0 aromatic rings. The summed E-state index contributed by atoms with van der Waals surface area (Å²) < 4.78 is 4.81. The maximum Gasteiger partial charge on any atom is 0.303 e. The molecule has 0 amide bonds. The highest BCUT2D eigenvalue weighted by Gasteiger charge is 2.74. The summed E-state index contributed by atoms with van der Waals surface area (Å²) in [7, 11) is 6.99. The van der Waals surface area contributed by atoms with Crippen LogP contribution in [0.2, 0.25) is 5.31 Å². The summed E-state index contributed by atoms with van der Waals surface area (Å²) in [6, 6.07) is 0. The van der Waals surface area contributed by atoms with Gasteiger partial charge in [0.05, 0.1) is 20.1 Å². The Morgan fingerprint density at radius 1 is 1.23 bits per heavy atom. The number of hydrogen-bond acceptors (Lipinski definition) is 7. The van der Waals surface area contributed by atoms with Crippen LogP contribution < -0.4 is 0 Å². The highest BCUT2D eigenvalue weighted by atomic mass is 16.5. The molecule has 3 saturated carbocycles. The fraction of sp³-hybridized carbons (Fsp3) is 0.696. The number of fused-ring (bicyclic) bond motifs is 5. The Kier molecular flexibility index (Phi) is 4.97. The molecule has 3 fully saturated rings. The third-order valence-corrected chi connectivity index (χ3v) is 8.94. The van der Waals surface area contributed by atoms with Crippen molar-refractivity contribution in [3.8, 4) is 0 Å². The first-order chi connectivity index (χ1) is 14.3. The van der Waals surface area contributed by atoms with Crippen molar-refractivity contribution >= 4 is 25.4 Å². The van der Waals surface area contributed by atoms with Gasteiger partial charge < -0.3 is 20.1 Å². The quantitative estimate of drug-likeness (QED) is 0.449. The lowest BCUT2D eigenvalue weighted by Crippen LogP contribution is -2.65. The van der Waals surface area contributed by atoms with E-state index < -0.39 is 52.3 Å². The van der Waals surface area contributed by atoms with E-state index in [-0.39, 0.29) is 30.5 Å². The van der Waals surface area contributed by atoms with Crippen LogP contribution in [0.5, 0.6) is 0 Å². The molecule has 4 rings (SSSR count). The van der Waals surface area contributed by atoms with Gasteiger partial charge in [-0.2, -0.15) is 0 Å². The number of aliphatic hydroxyl groups excluding tert-OH is 2. The molecule has 31 heavy (non-hydrogen) atoms. The number of Topliss-reactive ketones (excluding diaryl/α,β-unsaturated/α-hetero) is 1. The van der Waals surface area contributed by atoms with Gasteiger partial charge in [-0.25, -0.2) is 0 Å². The zero-order valence-corrected chi connectivity index (χ0v) is 18.1. The van der Waals surface area contributed by atoms with Gasteiger partial charge in [-0.15, -0.1) is 0 Å². The molecule has 7 nitrogen and oxygen atoms in total. The minimum Gasteiger partial charge on any atom is -0.458 e. The first-order valence-electron chi connectivity index (χ1n) is 10.8. The molecular weight excluding hydrogens is 399 g/mol. The summed E-state index contributed by atoms with van der Waals surface area (Å²) in [6.07, 6.45) is 3.69. The van der Waals surface area contributed by atoms with Crippen LogP contribution in [0.1, 0.15) is 46.5 Å². The number of aliphatic hydroxyl groups is 3. The largest absolute Gasteiger partial charge is 0.458 e. The van der Waals surface area contributed by atoms with Crippen molar-refractivity contribution in [3.63, 3.8) is 0 Å². The Morgan fingerprint density at radius 3 is 2.55 bits per heavy atom. The standard InChI is InChI=1S/C23H29BO7/c1-12(25)31-11-19(29)23(30)17(27)9-16-15-5-4-13-8-14(26)6-7-20(13,2)22(15,24)18(28)10-21(16,23)3/h6-8,15-18,27-28,30H,4-5,9-11H2,1-3H3/t15-,16-,17+,18-,20-,21-,22-,23-/m0/s1. The predicted octanol–water partition coefficient (Wildman–Crippen LogP) is 0.810. The van der Waals surface area contributed by atoms with E-state index in [9.17, 15) is 29.7 Å². The predicted molar refractivity (Wildman–Crippen MR) is 111 cm³/mol. The fourth-order valence-electron chi connectivity index (χ4n) is 7.14. The van der Waals surface area contributed by atoms with E-state index in [1.165, 1.54) is 6.08 Å². The van der Waals surface area contributed by atoms with Crippen LogP contribution in [-0.4, -0.2) is 65.1 Å². The number of ether oxygens (including phenoxy) is 1. The molecule has 0 heterocycles. The molecule has 0 spiro atoms. The van der Waals surface area contributed by atoms with E-state index in [1.807, 2.05) is 6.92 Å². The van der Waals surface area contributed by atoms with Gasteiger partial charge >= 0.3 is 5.97 Å². The molecule has 2 radical (unpaired) electrons. The fourth-order valence-corrected chi connectivity index (χ4v) is 7.14. The first kappa shape index (κ1) is 22.4. The molecule has 8 atom stereocenters. The lowest BCUT2D eigenvalue weighted by atomic mass is 9.33. The zero-order chi connectivity index (χ0) is 23.0. The Labute approximate surface area is 182 Å². The normalized spacial score (nSPS) is 48.3. The second-order valence-electron chi connectivity index (χ2n) is 10.2. The maximum atomic E-state index is 13.0. The summed E-state index contributed by atoms with van der Waals surface area (Å²) in [4.78, 5) is 36.1. The molecule has 0 aliphatic heterocycles. The van der Waals surface area contributed by atoms with Crippen LogP contribution in [0, 0.1) is 22.7 Å². The Morgan fingerprint density at radius 2 is 1.90 bits per heavy atom. The molecule has 0 bridgehead atoms. The van der Waals surface area contributed by atoms with E-state index in [2.05, 4.69) is 0 Å². The van der Waals surface area contributed by atoms with E-state index in [0.717, 1.165) is 12.5 Å². The highest BCUT2D eigenvalue weighted by Crippen LogP contribution is 2.74. The SMILES string of the molecule is [B][C@]12[C@@H](O)C[C@@]3(C)[C@@H](C[C@@H](O)[C@]3(O)C(=O)COC(C)=O)[C@@H]1CCC1=CC(=O)C=C[C@@]12C. The van der Waals surface area contributed by atoms with Crippen LogP contribution in [-0.2, 0) is 19.1 Å². The second-order valence-corrected chi connectivity index (χ2v) is 10.2. The van der Waals surface area contributed by atoms with Crippen molar-refractivity contribution in [3.05, 3.63) is 23.8 Å². The zero-order valence-electron chi connectivity index (χ0n) is 18.1. The van der Waals surface area contributed by atoms with Gasteiger partial charge in [-0.05, 0) is 55.0 Å². The van der Waals surface area contributed by atoms with Gasteiger partial charge in [0.25, 0.3) is 0 Å². The van der Waals surface area contributed by atoms with Gasteiger partial charge in [-0.3, -0.25) is 14.4 Å². The minimum atomic E-state index is -2.16. The summed E-state index contributed by atoms with van der Waals surface area (Å²) >= 11 is 0. The molecule has 4 aliphatic rings. The second kappa shape index (κ2) is 6.86. The van der Waals surface area contributed by atoms with E-state index in [4.69, 9.17) is 12.6 Å². The van der Waals surface area contributed by atoms with Gasteiger partial charge in [0.1, 0.15) is 0 Å². The Bertz CT molecular complexity index is 912. The van der Waals surface area contributed by atoms with Gasteiger partial charge in [-0.1, -0.05) is 25.5 Å². The number of hydrogen-bond donors (Lipinski definition) is 3. The average molecular weight is 428 g/mol. The molecule has 0 unspecified atom stereocenters. The van der Waals surface area contributed by atoms with Crippen LogP contribution in [0.15, 0.2) is 23.8 Å². The Balaban J connectivity index is 1.76. The van der Waals surface area contributed by atoms with Crippen LogP contribution >= 0.6 is 0 Å². The third kappa shape index (κ3) is 2.67. The number of carbonyl (C=O) groups excluding carboxylic acids is 3. The Hall–Kier alpha value is -1.77. The molecule has 166 valence electrons. The average Bonchev–Trinajstić information content (AvgIpc) is 2.89. The number of esters is 1. The van der Waals surface area contributed by atoms with Crippen molar-refractivity contribution in [2.24, 2.45) is 22.7 Å². The van der Waals surface area contributed by atoms with Crippen LogP contribution in [0.4, 0.5) is 0 Å². The van der Waals surface area contributed by atoms with Crippen molar-refractivity contribution in [1.29, 1.82) is 0 Å². The van der Waals surface area contributed by atoms with Crippen molar-refractivity contribution in [1.82, 2.24) is 0 Å². The first-order valence-corrected chi connectivity index (χ1v) is 10.8. The highest BCUT2D eigenvalue weighted by molar-refractivity contribution is 6.18.